The highest BCUT2D eigenvalue weighted by Crippen LogP contribution is 2.29. The van der Waals surface area contributed by atoms with Crippen molar-refractivity contribution < 1.29 is 18.1 Å². The highest BCUT2D eigenvalue weighted by atomic mass is 19.3. The topological polar surface area (TPSA) is 49.6 Å². The predicted molar refractivity (Wildman–Crippen MR) is 80.0 cm³/mol. The molecule has 1 aromatic heterocycles. The van der Waals surface area contributed by atoms with E-state index >= 15 is 0 Å². The van der Waals surface area contributed by atoms with E-state index in [-0.39, 0.29) is 37.8 Å². The first-order chi connectivity index (χ1) is 10.9. The molecule has 2 saturated heterocycles. The summed E-state index contributed by atoms with van der Waals surface area (Å²) in [7, 11) is 0. The zero-order valence-electron chi connectivity index (χ0n) is 13.4. The molecule has 1 unspecified atom stereocenters. The number of alkyl halides is 2. The van der Waals surface area contributed by atoms with E-state index in [1.165, 1.54) is 0 Å². The van der Waals surface area contributed by atoms with E-state index in [0.29, 0.717) is 13.1 Å². The lowest BCUT2D eigenvalue weighted by Crippen LogP contribution is -2.48. The number of aryl methyl sites for hydroxylation is 1. The van der Waals surface area contributed by atoms with Crippen LogP contribution in [0.5, 0.6) is 0 Å². The van der Waals surface area contributed by atoms with Gasteiger partial charge < -0.3 is 9.42 Å². The van der Waals surface area contributed by atoms with Crippen LogP contribution in [-0.2, 0) is 11.3 Å². The van der Waals surface area contributed by atoms with Crippen LogP contribution in [-0.4, -0.2) is 53.0 Å². The monoisotopic (exact) mass is 327 g/mol. The van der Waals surface area contributed by atoms with Gasteiger partial charge in [-0.2, -0.15) is 0 Å². The van der Waals surface area contributed by atoms with Gasteiger partial charge in [0.05, 0.1) is 18.2 Å². The number of likely N-dealkylation sites (tertiary alicyclic amines) is 2. The van der Waals surface area contributed by atoms with Gasteiger partial charge in [0.25, 0.3) is 5.92 Å². The molecule has 0 aromatic carbocycles. The van der Waals surface area contributed by atoms with Crippen LogP contribution in [0.15, 0.2) is 10.6 Å². The lowest BCUT2D eigenvalue weighted by molar-refractivity contribution is -0.143. The Hall–Kier alpha value is -1.50. The van der Waals surface area contributed by atoms with Crippen molar-refractivity contribution in [3.63, 3.8) is 0 Å². The zero-order chi connectivity index (χ0) is 16.4. The van der Waals surface area contributed by atoms with E-state index in [0.717, 1.165) is 30.8 Å². The molecular formula is C16H23F2N3O2. The Morgan fingerprint density at radius 1 is 1.39 bits per heavy atom. The summed E-state index contributed by atoms with van der Waals surface area (Å²) in [6, 6.07) is 1.90. The van der Waals surface area contributed by atoms with Crippen LogP contribution in [0, 0.1) is 12.8 Å². The van der Waals surface area contributed by atoms with Gasteiger partial charge in [0.15, 0.2) is 5.76 Å². The summed E-state index contributed by atoms with van der Waals surface area (Å²) in [5.41, 5.74) is 0.846. The van der Waals surface area contributed by atoms with Crippen LogP contribution in [0.3, 0.4) is 0 Å². The Morgan fingerprint density at radius 2 is 2.13 bits per heavy atom. The Balaban J connectivity index is 1.54. The van der Waals surface area contributed by atoms with Crippen LogP contribution in [0.1, 0.15) is 37.1 Å². The average molecular weight is 327 g/mol. The predicted octanol–water partition coefficient (Wildman–Crippen LogP) is 2.45. The van der Waals surface area contributed by atoms with Gasteiger partial charge in [-0.15, -0.1) is 0 Å². The van der Waals surface area contributed by atoms with Crippen molar-refractivity contribution in [2.75, 3.05) is 26.2 Å². The first-order valence-corrected chi connectivity index (χ1v) is 8.24. The van der Waals surface area contributed by atoms with Crippen LogP contribution in [0.2, 0.25) is 0 Å². The van der Waals surface area contributed by atoms with Crippen molar-refractivity contribution in [3.8, 4) is 0 Å². The average Bonchev–Trinajstić information content (AvgIpc) is 2.92. The SMILES string of the molecule is Cc1cc(CN2CCCC(C(=O)N3CCC(F)(F)CC3)C2)on1. The summed E-state index contributed by atoms with van der Waals surface area (Å²) in [6.07, 6.45) is 1.34. The number of carbonyl (C=O) groups is 1. The fourth-order valence-electron chi connectivity index (χ4n) is 3.42. The van der Waals surface area contributed by atoms with Gasteiger partial charge >= 0.3 is 0 Å². The highest BCUT2D eigenvalue weighted by molar-refractivity contribution is 5.79. The van der Waals surface area contributed by atoms with Gasteiger partial charge in [-0.05, 0) is 26.3 Å². The summed E-state index contributed by atoms with van der Waals surface area (Å²) in [4.78, 5) is 16.4. The molecule has 2 aliphatic rings. The molecule has 0 saturated carbocycles. The van der Waals surface area contributed by atoms with Crippen LogP contribution >= 0.6 is 0 Å². The molecule has 128 valence electrons. The third-order valence-electron chi connectivity index (χ3n) is 4.72. The van der Waals surface area contributed by atoms with Gasteiger partial charge in [0.1, 0.15) is 0 Å². The van der Waals surface area contributed by atoms with Crippen LogP contribution in [0.4, 0.5) is 8.78 Å². The molecule has 7 heteroatoms. The summed E-state index contributed by atoms with van der Waals surface area (Å²) in [5.74, 6) is -1.88. The minimum atomic E-state index is -2.61. The third-order valence-corrected chi connectivity index (χ3v) is 4.72. The van der Waals surface area contributed by atoms with E-state index in [4.69, 9.17) is 4.52 Å². The van der Waals surface area contributed by atoms with Crippen molar-refractivity contribution in [2.24, 2.45) is 5.92 Å². The van der Waals surface area contributed by atoms with E-state index < -0.39 is 5.92 Å². The molecular weight excluding hydrogens is 304 g/mol. The molecule has 3 rings (SSSR count). The maximum Gasteiger partial charge on any atom is 0.251 e. The van der Waals surface area contributed by atoms with Gasteiger partial charge in [-0.1, -0.05) is 5.16 Å². The molecule has 1 amide bonds. The second-order valence-electron chi connectivity index (χ2n) is 6.69. The molecule has 23 heavy (non-hydrogen) atoms. The third kappa shape index (κ3) is 4.07. The Bertz CT molecular complexity index is 551. The molecule has 0 spiro atoms. The zero-order valence-corrected chi connectivity index (χ0v) is 13.4. The minimum Gasteiger partial charge on any atom is -0.360 e. The first-order valence-electron chi connectivity index (χ1n) is 8.24. The lowest BCUT2D eigenvalue weighted by atomic mass is 9.95. The second-order valence-corrected chi connectivity index (χ2v) is 6.69. The fraction of sp³-hybridized carbons (Fsp3) is 0.750. The largest absolute Gasteiger partial charge is 0.360 e. The van der Waals surface area contributed by atoms with Crippen molar-refractivity contribution in [3.05, 3.63) is 17.5 Å². The van der Waals surface area contributed by atoms with Gasteiger partial charge in [0, 0.05) is 38.5 Å². The normalized spacial score (nSPS) is 25.5. The Morgan fingerprint density at radius 3 is 2.78 bits per heavy atom. The number of amides is 1. The number of nitrogens with zero attached hydrogens (tertiary/aromatic N) is 3. The molecule has 0 aliphatic carbocycles. The van der Waals surface area contributed by atoms with E-state index in [9.17, 15) is 13.6 Å². The standard InChI is InChI=1S/C16H23F2N3O2/c1-12-9-14(23-19-12)11-20-6-2-3-13(10-20)15(22)21-7-4-16(17,18)5-8-21/h9,13H,2-8,10-11H2,1H3. The number of piperidine rings is 2. The number of aromatic nitrogens is 1. The quantitative estimate of drug-likeness (QED) is 0.856. The highest BCUT2D eigenvalue weighted by Gasteiger charge is 2.38. The Labute approximate surface area is 134 Å². The van der Waals surface area contributed by atoms with Crippen molar-refractivity contribution in [2.45, 2.75) is 45.1 Å². The van der Waals surface area contributed by atoms with E-state index in [2.05, 4.69) is 10.1 Å². The minimum absolute atomic E-state index is 0.0268. The molecule has 1 atom stereocenters. The molecule has 0 N–H and O–H groups in total. The van der Waals surface area contributed by atoms with Gasteiger partial charge in [0.2, 0.25) is 5.91 Å². The second kappa shape index (κ2) is 6.55. The van der Waals surface area contributed by atoms with Gasteiger partial charge in [-0.25, -0.2) is 8.78 Å². The summed E-state index contributed by atoms with van der Waals surface area (Å²) >= 11 is 0. The number of carbonyl (C=O) groups excluding carboxylic acids is 1. The van der Waals surface area contributed by atoms with Crippen molar-refractivity contribution >= 4 is 5.91 Å². The molecule has 1 aromatic rings. The van der Waals surface area contributed by atoms with Crippen molar-refractivity contribution in [1.29, 1.82) is 0 Å². The lowest BCUT2D eigenvalue weighted by Gasteiger charge is -2.37. The number of rotatable bonds is 3. The van der Waals surface area contributed by atoms with Gasteiger partial charge in [-0.3, -0.25) is 9.69 Å². The first kappa shape index (κ1) is 16.4. The van der Waals surface area contributed by atoms with Crippen molar-refractivity contribution in [1.82, 2.24) is 15.0 Å². The number of hydrogen-bond acceptors (Lipinski definition) is 4. The number of hydrogen-bond donors (Lipinski definition) is 0. The molecule has 2 aliphatic heterocycles. The summed E-state index contributed by atoms with van der Waals surface area (Å²) < 4.78 is 31.7. The molecule has 0 bridgehead atoms. The molecule has 3 heterocycles. The smallest absolute Gasteiger partial charge is 0.251 e. The fourth-order valence-corrected chi connectivity index (χ4v) is 3.42. The van der Waals surface area contributed by atoms with E-state index in [1.807, 2.05) is 13.0 Å². The van der Waals surface area contributed by atoms with E-state index in [1.54, 1.807) is 4.90 Å². The molecule has 2 fully saturated rings. The maximum atomic E-state index is 13.2. The molecule has 5 nitrogen and oxygen atoms in total. The van der Waals surface area contributed by atoms with Crippen LogP contribution in [0.25, 0.3) is 0 Å². The summed E-state index contributed by atoms with van der Waals surface area (Å²) in [5, 5.41) is 3.88. The summed E-state index contributed by atoms with van der Waals surface area (Å²) in [6.45, 7) is 4.44. The Kier molecular flexibility index (Phi) is 4.66. The maximum absolute atomic E-state index is 13.2. The molecule has 0 radical (unpaired) electrons. The van der Waals surface area contributed by atoms with Crippen LogP contribution < -0.4 is 0 Å². The number of halogens is 2.